The first-order valence-electron chi connectivity index (χ1n) is 8.06. The number of hydrogen-bond acceptors (Lipinski definition) is 4. The molecule has 0 unspecified atom stereocenters. The van der Waals surface area contributed by atoms with Crippen molar-refractivity contribution in [3.05, 3.63) is 63.2 Å². The Morgan fingerprint density at radius 3 is 2.35 bits per heavy atom. The molecule has 0 aliphatic carbocycles. The molecule has 0 radical (unpaired) electrons. The Morgan fingerprint density at radius 2 is 1.73 bits per heavy atom. The van der Waals surface area contributed by atoms with Crippen molar-refractivity contribution in [1.82, 2.24) is 0 Å². The number of unbranched alkanes of at least 4 members (excludes halogenated alkanes) is 1. The summed E-state index contributed by atoms with van der Waals surface area (Å²) in [6, 6.07) is 10.8. The molecule has 0 heterocycles. The zero-order valence-corrected chi connectivity index (χ0v) is 14.9. The molecule has 8 heteroatoms. The molecule has 0 fully saturated rings. The summed E-state index contributed by atoms with van der Waals surface area (Å²) < 4.78 is 0. The van der Waals surface area contributed by atoms with E-state index in [1.807, 2.05) is 12.1 Å². The van der Waals surface area contributed by atoms with Gasteiger partial charge in [-0.2, -0.15) is 0 Å². The predicted octanol–water partition coefficient (Wildman–Crippen LogP) is 4.17. The molecule has 0 spiro atoms. The maximum atomic E-state index is 12.0. The maximum Gasteiger partial charge on any atom is 0.314 e. The quantitative estimate of drug-likeness (QED) is 0.449. The van der Waals surface area contributed by atoms with E-state index >= 15 is 0 Å². The second kappa shape index (κ2) is 8.96. The van der Waals surface area contributed by atoms with Gasteiger partial charge in [-0.3, -0.25) is 19.7 Å². The molecule has 136 valence electrons. The lowest BCUT2D eigenvalue weighted by Crippen LogP contribution is -2.29. The van der Waals surface area contributed by atoms with Crippen molar-refractivity contribution < 1.29 is 14.5 Å². The van der Waals surface area contributed by atoms with E-state index in [0.717, 1.165) is 30.9 Å². The van der Waals surface area contributed by atoms with Crippen LogP contribution in [0.25, 0.3) is 0 Å². The SMILES string of the molecule is CCCCc1ccc(NC(=O)C(=O)Nc2cc([N+](=O)[O-])ccc2Cl)cc1. The minimum Gasteiger partial charge on any atom is -0.318 e. The number of nitrogens with one attached hydrogen (secondary N) is 2. The summed E-state index contributed by atoms with van der Waals surface area (Å²) in [6.45, 7) is 2.11. The van der Waals surface area contributed by atoms with Crippen LogP contribution < -0.4 is 10.6 Å². The van der Waals surface area contributed by atoms with Crippen molar-refractivity contribution in [1.29, 1.82) is 0 Å². The third kappa shape index (κ3) is 5.29. The summed E-state index contributed by atoms with van der Waals surface area (Å²) in [4.78, 5) is 34.2. The summed E-state index contributed by atoms with van der Waals surface area (Å²) in [5.74, 6) is -1.86. The van der Waals surface area contributed by atoms with E-state index in [1.165, 1.54) is 12.1 Å². The van der Waals surface area contributed by atoms with Crippen LogP contribution in [0, 0.1) is 10.1 Å². The van der Waals surface area contributed by atoms with Gasteiger partial charge in [-0.1, -0.05) is 37.1 Å². The zero-order valence-electron chi connectivity index (χ0n) is 14.1. The van der Waals surface area contributed by atoms with Gasteiger partial charge in [0.15, 0.2) is 0 Å². The maximum absolute atomic E-state index is 12.0. The minimum atomic E-state index is -0.970. The molecule has 26 heavy (non-hydrogen) atoms. The second-order valence-electron chi connectivity index (χ2n) is 5.63. The summed E-state index contributed by atoms with van der Waals surface area (Å²) in [5.41, 5.74) is 1.39. The highest BCUT2D eigenvalue weighted by Gasteiger charge is 2.17. The molecule has 2 rings (SSSR count). The number of aryl methyl sites for hydroxylation is 1. The van der Waals surface area contributed by atoms with Gasteiger partial charge in [-0.25, -0.2) is 0 Å². The molecule has 7 nitrogen and oxygen atoms in total. The molecule has 2 amide bonds. The van der Waals surface area contributed by atoms with Gasteiger partial charge in [0.2, 0.25) is 0 Å². The van der Waals surface area contributed by atoms with E-state index < -0.39 is 16.7 Å². The molecule has 0 aliphatic heterocycles. The highest BCUT2D eigenvalue weighted by Crippen LogP contribution is 2.26. The lowest BCUT2D eigenvalue weighted by atomic mass is 10.1. The Bertz CT molecular complexity index is 822. The first kappa shape index (κ1) is 19.4. The number of rotatable bonds is 6. The smallest absolute Gasteiger partial charge is 0.314 e. The van der Waals surface area contributed by atoms with Gasteiger partial charge in [-0.05, 0) is 36.6 Å². The van der Waals surface area contributed by atoms with E-state index in [9.17, 15) is 19.7 Å². The topological polar surface area (TPSA) is 101 Å². The fourth-order valence-electron chi connectivity index (χ4n) is 2.23. The normalized spacial score (nSPS) is 10.2. The zero-order chi connectivity index (χ0) is 19.1. The summed E-state index contributed by atoms with van der Waals surface area (Å²) in [7, 11) is 0. The Labute approximate surface area is 155 Å². The van der Waals surface area contributed by atoms with E-state index in [1.54, 1.807) is 12.1 Å². The van der Waals surface area contributed by atoms with Gasteiger partial charge in [0.05, 0.1) is 15.6 Å². The van der Waals surface area contributed by atoms with E-state index in [-0.39, 0.29) is 16.4 Å². The monoisotopic (exact) mass is 375 g/mol. The third-order valence-corrected chi connectivity index (χ3v) is 3.98. The number of benzene rings is 2. The molecular formula is C18H18ClN3O4. The number of amides is 2. The molecule has 2 N–H and O–H groups in total. The molecule has 0 atom stereocenters. The average molecular weight is 376 g/mol. The first-order valence-corrected chi connectivity index (χ1v) is 8.43. The number of non-ortho nitro benzene ring substituents is 1. The van der Waals surface area contributed by atoms with Crippen LogP contribution in [0.3, 0.4) is 0 Å². The fourth-order valence-corrected chi connectivity index (χ4v) is 2.39. The molecule has 0 aliphatic rings. The Hall–Kier alpha value is -2.93. The van der Waals surface area contributed by atoms with Crippen LogP contribution in [-0.2, 0) is 16.0 Å². The number of nitro groups is 1. The van der Waals surface area contributed by atoms with Gasteiger partial charge in [0.1, 0.15) is 0 Å². The Kier molecular flexibility index (Phi) is 6.68. The van der Waals surface area contributed by atoms with Gasteiger partial charge in [0.25, 0.3) is 5.69 Å². The largest absolute Gasteiger partial charge is 0.318 e. The van der Waals surface area contributed by atoms with Gasteiger partial charge >= 0.3 is 11.8 Å². The first-order chi connectivity index (χ1) is 12.4. The number of carbonyl (C=O) groups excluding carboxylic acids is 2. The van der Waals surface area contributed by atoms with E-state index in [4.69, 9.17) is 11.6 Å². The van der Waals surface area contributed by atoms with Gasteiger partial charge in [0, 0.05) is 17.8 Å². The van der Waals surface area contributed by atoms with E-state index in [2.05, 4.69) is 17.6 Å². The van der Waals surface area contributed by atoms with Crippen LogP contribution in [-0.4, -0.2) is 16.7 Å². The molecule has 2 aromatic carbocycles. The predicted molar refractivity (Wildman–Crippen MR) is 100 cm³/mol. The van der Waals surface area contributed by atoms with Crippen LogP contribution in [0.5, 0.6) is 0 Å². The number of anilines is 2. The van der Waals surface area contributed by atoms with Crippen molar-refractivity contribution in [3.8, 4) is 0 Å². The standard InChI is InChI=1S/C18H18ClN3O4/c1-2-3-4-12-5-7-13(8-6-12)20-17(23)18(24)21-16-11-14(22(25)26)9-10-15(16)19/h5-11H,2-4H2,1H3,(H,20,23)(H,21,24). The molecule has 0 saturated heterocycles. The summed E-state index contributed by atoms with van der Waals surface area (Å²) in [5, 5.41) is 15.6. The van der Waals surface area contributed by atoms with Crippen LogP contribution in [0.4, 0.5) is 17.1 Å². The van der Waals surface area contributed by atoms with Crippen LogP contribution in [0.15, 0.2) is 42.5 Å². The number of hydrogen-bond donors (Lipinski definition) is 2. The molecule has 0 bridgehead atoms. The number of nitrogens with zero attached hydrogens (tertiary/aromatic N) is 1. The molecule has 0 aromatic heterocycles. The van der Waals surface area contributed by atoms with Crippen LogP contribution in [0.1, 0.15) is 25.3 Å². The highest BCUT2D eigenvalue weighted by atomic mass is 35.5. The summed E-state index contributed by atoms with van der Waals surface area (Å²) in [6.07, 6.45) is 3.13. The number of carbonyl (C=O) groups is 2. The molecule has 2 aromatic rings. The van der Waals surface area contributed by atoms with Crippen molar-refractivity contribution in [2.45, 2.75) is 26.2 Å². The van der Waals surface area contributed by atoms with Crippen molar-refractivity contribution in [2.24, 2.45) is 0 Å². The number of nitro benzene ring substituents is 1. The Morgan fingerprint density at radius 1 is 1.08 bits per heavy atom. The van der Waals surface area contributed by atoms with Gasteiger partial charge in [-0.15, -0.1) is 0 Å². The van der Waals surface area contributed by atoms with Crippen molar-refractivity contribution in [3.63, 3.8) is 0 Å². The summed E-state index contributed by atoms with van der Waals surface area (Å²) >= 11 is 5.90. The van der Waals surface area contributed by atoms with Crippen LogP contribution in [0.2, 0.25) is 5.02 Å². The second-order valence-corrected chi connectivity index (χ2v) is 6.04. The van der Waals surface area contributed by atoms with Crippen molar-refractivity contribution in [2.75, 3.05) is 10.6 Å². The molecule has 0 saturated carbocycles. The van der Waals surface area contributed by atoms with Crippen LogP contribution >= 0.6 is 11.6 Å². The van der Waals surface area contributed by atoms with Crippen molar-refractivity contribution >= 4 is 40.5 Å². The third-order valence-electron chi connectivity index (χ3n) is 3.65. The number of halogens is 1. The molecular weight excluding hydrogens is 358 g/mol. The average Bonchev–Trinajstić information content (AvgIpc) is 2.62. The lowest BCUT2D eigenvalue weighted by Gasteiger charge is -2.08. The Balaban J connectivity index is 2.00. The highest BCUT2D eigenvalue weighted by molar-refractivity contribution is 6.44. The minimum absolute atomic E-state index is 0.00377. The van der Waals surface area contributed by atoms with E-state index in [0.29, 0.717) is 5.69 Å². The van der Waals surface area contributed by atoms with Gasteiger partial charge < -0.3 is 10.6 Å². The fraction of sp³-hybridized carbons (Fsp3) is 0.222. The lowest BCUT2D eigenvalue weighted by molar-refractivity contribution is -0.384.